The number of nitrogens with zero attached hydrogens (tertiary/aromatic N) is 2. The van der Waals surface area contributed by atoms with E-state index >= 15 is 0 Å². The van der Waals surface area contributed by atoms with Crippen molar-refractivity contribution >= 4 is 11.7 Å². The molecule has 1 amide bonds. The van der Waals surface area contributed by atoms with Gasteiger partial charge in [0.25, 0.3) is 5.91 Å². The molecule has 2 heterocycles. The van der Waals surface area contributed by atoms with Crippen LogP contribution >= 0.6 is 0 Å². The normalized spacial score (nSPS) is 12.1. The van der Waals surface area contributed by atoms with Crippen molar-refractivity contribution in [3.8, 4) is 0 Å². The first kappa shape index (κ1) is 12.1. The summed E-state index contributed by atoms with van der Waals surface area (Å²) in [6, 6.07) is 3.40. The predicted octanol–water partition coefficient (Wildman–Crippen LogP) is 1.45. The highest BCUT2D eigenvalue weighted by molar-refractivity contribution is 5.96. The molecule has 0 aromatic carbocycles. The number of nitrogens with two attached hydrogens (primary N) is 1. The van der Waals surface area contributed by atoms with E-state index in [9.17, 15) is 4.79 Å². The van der Waals surface area contributed by atoms with Crippen molar-refractivity contribution in [2.75, 3.05) is 5.73 Å². The molecular formula is C12H14N4O2. The van der Waals surface area contributed by atoms with Crippen LogP contribution < -0.4 is 11.1 Å². The van der Waals surface area contributed by atoms with E-state index in [1.807, 2.05) is 26.0 Å². The Morgan fingerprint density at radius 3 is 2.72 bits per heavy atom. The van der Waals surface area contributed by atoms with Crippen molar-refractivity contribution in [1.29, 1.82) is 0 Å². The summed E-state index contributed by atoms with van der Waals surface area (Å²) in [7, 11) is 0. The van der Waals surface area contributed by atoms with Crippen LogP contribution in [0.15, 0.2) is 28.9 Å². The summed E-state index contributed by atoms with van der Waals surface area (Å²) in [5, 5.41) is 2.75. The molecule has 18 heavy (non-hydrogen) atoms. The Morgan fingerprint density at radius 2 is 2.11 bits per heavy atom. The summed E-state index contributed by atoms with van der Waals surface area (Å²) in [4.78, 5) is 19.6. The Balaban J connectivity index is 2.10. The highest BCUT2D eigenvalue weighted by Crippen LogP contribution is 2.16. The van der Waals surface area contributed by atoms with Crippen molar-refractivity contribution < 1.29 is 9.21 Å². The second kappa shape index (κ2) is 4.87. The molecule has 0 radical (unpaired) electrons. The maximum Gasteiger partial charge on any atom is 0.274 e. The fourth-order valence-electron chi connectivity index (χ4n) is 1.55. The number of aromatic nitrogens is 2. The van der Waals surface area contributed by atoms with Gasteiger partial charge in [0.05, 0.1) is 6.04 Å². The second-order valence-electron chi connectivity index (χ2n) is 3.93. The lowest BCUT2D eigenvalue weighted by Gasteiger charge is -2.11. The largest absolute Gasteiger partial charge is 0.464 e. The van der Waals surface area contributed by atoms with Crippen LogP contribution in [-0.2, 0) is 0 Å². The van der Waals surface area contributed by atoms with E-state index in [4.69, 9.17) is 10.2 Å². The average Bonchev–Trinajstić information content (AvgIpc) is 2.76. The number of rotatable bonds is 3. The fourth-order valence-corrected chi connectivity index (χ4v) is 1.55. The van der Waals surface area contributed by atoms with Crippen molar-refractivity contribution in [1.82, 2.24) is 15.3 Å². The average molecular weight is 246 g/mol. The lowest BCUT2D eigenvalue weighted by atomic mass is 10.2. The zero-order valence-corrected chi connectivity index (χ0v) is 10.2. The minimum atomic E-state index is -0.373. The summed E-state index contributed by atoms with van der Waals surface area (Å²) in [5.74, 6) is 1.22. The molecule has 6 nitrogen and oxygen atoms in total. The van der Waals surface area contributed by atoms with Gasteiger partial charge in [-0.25, -0.2) is 9.97 Å². The standard InChI is InChI=1S/C12H14N4O2/c1-7-3-4-9(18-7)8(2)16-12(17)10-11(13)15-6-5-14-10/h3-6,8H,1-2H3,(H2,13,15)(H,16,17). The lowest BCUT2D eigenvalue weighted by molar-refractivity contribution is 0.0930. The van der Waals surface area contributed by atoms with E-state index < -0.39 is 0 Å². The molecule has 2 aromatic heterocycles. The van der Waals surface area contributed by atoms with Crippen LogP contribution in [0.25, 0.3) is 0 Å². The third-order valence-corrected chi connectivity index (χ3v) is 2.48. The molecule has 94 valence electrons. The molecule has 0 bridgehead atoms. The van der Waals surface area contributed by atoms with E-state index in [1.54, 1.807) is 0 Å². The van der Waals surface area contributed by atoms with Gasteiger partial charge in [0.1, 0.15) is 11.5 Å². The first-order chi connectivity index (χ1) is 8.58. The van der Waals surface area contributed by atoms with Gasteiger partial charge in [-0.2, -0.15) is 0 Å². The number of aryl methyl sites for hydroxylation is 1. The molecule has 0 aliphatic rings. The van der Waals surface area contributed by atoms with Crippen LogP contribution in [0.4, 0.5) is 5.82 Å². The molecule has 2 rings (SSSR count). The number of anilines is 1. The Labute approximate surface area is 104 Å². The van der Waals surface area contributed by atoms with Crippen LogP contribution in [0.5, 0.6) is 0 Å². The molecular weight excluding hydrogens is 232 g/mol. The highest BCUT2D eigenvalue weighted by atomic mass is 16.3. The van der Waals surface area contributed by atoms with Gasteiger partial charge in [-0.15, -0.1) is 0 Å². The van der Waals surface area contributed by atoms with Crippen molar-refractivity contribution in [2.24, 2.45) is 0 Å². The summed E-state index contributed by atoms with van der Waals surface area (Å²) >= 11 is 0. The van der Waals surface area contributed by atoms with Gasteiger partial charge in [-0.05, 0) is 26.0 Å². The monoisotopic (exact) mass is 246 g/mol. The summed E-state index contributed by atoms with van der Waals surface area (Å²) in [5.41, 5.74) is 5.70. The predicted molar refractivity (Wildman–Crippen MR) is 65.8 cm³/mol. The Kier molecular flexibility index (Phi) is 3.27. The third kappa shape index (κ3) is 2.48. The molecule has 1 atom stereocenters. The van der Waals surface area contributed by atoms with Gasteiger partial charge in [-0.1, -0.05) is 0 Å². The van der Waals surface area contributed by atoms with Gasteiger partial charge in [-0.3, -0.25) is 4.79 Å². The highest BCUT2D eigenvalue weighted by Gasteiger charge is 2.17. The van der Waals surface area contributed by atoms with Gasteiger partial charge < -0.3 is 15.5 Å². The lowest BCUT2D eigenvalue weighted by Crippen LogP contribution is -2.28. The molecule has 0 fully saturated rings. The van der Waals surface area contributed by atoms with E-state index in [1.165, 1.54) is 12.4 Å². The second-order valence-corrected chi connectivity index (χ2v) is 3.93. The van der Waals surface area contributed by atoms with Crippen LogP contribution in [-0.4, -0.2) is 15.9 Å². The van der Waals surface area contributed by atoms with Crippen molar-refractivity contribution in [3.63, 3.8) is 0 Å². The van der Waals surface area contributed by atoms with E-state index in [0.29, 0.717) is 5.76 Å². The van der Waals surface area contributed by atoms with Gasteiger partial charge in [0.2, 0.25) is 0 Å². The number of carbonyl (C=O) groups is 1. The summed E-state index contributed by atoms with van der Waals surface area (Å²) in [6.07, 6.45) is 2.86. The van der Waals surface area contributed by atoms with Gasteiger partial charge in [0.15, 0.2) is 11.5 Å². The van der Waals surface area contributed by atoms with Crippen molar-refractivity contribution in [2.45, 2.75) is 19.9 Å². The molecule has 3 N–H and O–H groups in total. The first-order valence-corrected chi connectivity index (χ1v) is 5.51. The zero-order chi connectivity index (χ0) is 13.1. The number of furan rings is 1. The number of carbonyl (C=O) groups excluding carboxylic acids is 1. The number of amides is 1. The Hall–Kier alpha value is -2.37. The molecule has 0 aliphatic heterocycles. The van der Waals surface area contributed by atoms with E-state index in [0.717, 1.165) is 5.76 Å². The van der Waals surface area contributed by atoms with Crippen LogP contribution in [0.3, 0.4) is 0 Å². The first-order valence-electron chi connectivity index (χ1n) is 5.51. The van der Waals surface area contributed by atoms with Crippen LogP contribution in [0.2, 0.25) is 0 Å². The quantitative estimate of drug-likeness (QED) is 0.854. The maximum absolute atomic E-state index is 11.9. The number of nitrogen functional groups attached to an aromatic ring is 1. The number of nitrogens with one attached hydrogen (secondary N) is 1. The third-order valence-electron chi connectivity index (χ3n) is 2.48. The molecule has 6 heteroatoms. The summed E-state index contributed by atoms with van der Waals surface area (Å²) < 4.78 is 5.43. The number of hydrogen-bond acceptors (Lipinski definition) is 5. The van der Waals surface area contributed by atoms with Gasteiger partial charge >= 0.3 is 0 Å². The Bertz CT molecular complexity index is 565. The van der Waals surface area contributed by atoms with Crippen LogP contribution in [0, 0.1) is 6.92 Å². The molecule has 0 aliphatic carbocycles. The zero-order valence-electron chi connectivity index (χ0n) is 10.2. The molecule has 0 saturated heterocycles. The van der Waals surface area contributed by atoms with Gasteiger partial charge in [0, 0.05) is 12.4 Å². The van der Waals surface area contributed by atoms with E-state index in [-0.39, 0.29) is 23.5 Å². The minimum absolute atomic E-state index is 0.109. The summed E-state index contributed by atoms with van der Waals surface area (Å²) in [6.45, 7) is 3.67. The maximum atomic E-state index is 11.9. The molecule has 0 saturated carbocycles. The smallest absolute Gasteiger partial charge is 0.274 e. The molecule has 2 aromatic rings. The Morgan fingerprint density at radius 1 is 1.39 bits per heavy atom. The van der Waals surface area contributed by atoms with E-state index in [2.05, 4.69) is 15.3 Å². The van der Waals surface area contributed by atoms with Crippen molar-refractivity contribution in [3.05, 3.63) is 41.7 Å². The topological polar surface area (TPSA) is 94.0 Å². The SMILES string of the molecule is Cc1ccc(C(C)NC(=O)c2nccnc2N)o1. The molecule has 1 unspecified atom stereocenters. The van der Waals surface area contributed by atoms with Crippen LogP contribution in [0.1, 0.15) is 35.0 Å². The molecule has 0 spiro atoms. The number of hydrogen-bond donors (Lipinski definition) is 2. The minimum Gasteiger partial charge on any atom is -0.464 e. The fraction of sp³-hybridized carbons (Fsp3) is 0.250.